The molecule has 0 bridgehead atoms. The molecule has 21 heavy (non-hydrogen) atoms. The normalized spacial score (nSPS) is 17.6. The van der Waals surface area contributed by atoms with Crippen molar-refractivity contribution >= 4 is 33.4 Å². The van der Waals surface area contributed by atoms with Crippen LogP contribution in [0.4, 0.5) is 5.69 Å². The lowest BCUT2D eigenvalue weighted by molar-refractivity contribution is -0.136. The molecule has 0 radical (unpaired) electrons. The maximum Gasteiger partial charge on any atom is 0.253 e. The predicted molar refractivity (Wildman–Crippen MR) is 84.5 cm³/mol. The van der Waals surface area contributed by atoms with Crippen LogP contribution < -0.4 is 15.0 Å². The molecule has 5 nitrogen and oxygen atoms in total. The van der Waals surface area contributed by atoms with Crippen LogP contribution in [0.25, 0.3) is 0 Å². The van der Waals surface area contributed by atoms with E-state index in [1.54, 1.807) is 25.3 Å². The Morgan fingerprint density at radius 3 is 2.52 bits per heavy atom. The Labute approximate surface area is 132 Å². The summed E-state index contributed by atoms with van der Waals surface area (Å²) in [6, 6.07) is 5.36. The fourth-order valence-electron chi connectivity index (χ4n) is 2.59. The second-order valence-corrected chi connectivity index (χ2v) is 5.90. The monoisotopic (exact) mass is 354 g/mol. The van der Waals surface area contributed by atoms with Crippen LogP contribution in [0, 0.1) is 0 Å². The van der Waals surface area contributed by atoms with E-state index in [0.29, 0.717) is 24.3 Å². The number of nitrogens with zero attached hydrogens (tertiary/aromatic N) is 1. The molecule has 1 N–H and O–H groups in total. The Bertz CT molecular complexity index is 570. The van der Waals surface area contributed by atoms with E-state index in [2.05, 4.69) is 21.2 Å². The summed E-state index contributed by atoms with van der Waals surface area (Å²) in [5.74, 6) is 0.485. The number of benzene rings is 1. The molecule has 0 unspecified atom stereocenters. The maximum atomic E-state index is 12.8. The van der Waals surface area contributed by atoms with Crippen LogP contribution in [0.1, 0.15) is 26.7 Å². The van der Waals surface area contributed by atoms with Crippen LogP contribution in [0.2, 0.25) is 0 Å². The Morgan fingerprint density at radius 2 is 2.00 bits per heavy atom. The van der Waals surface area contributed by atoms with Crippen LogP contribution >= 0.6 is 15.9 Å². The standard InChI is InChI=1S/C15H19BrN2O3/c1-4-15(5-2)14(20)18(9-13(19)17-15)10-6-7-12(21-3)11(16)8-10/h6-8H,4-5,9H2,1-3H3,(H,17,19). The topological polar surface area (TPSA) is 58.6 Å². The fourth-order valence-corrected chi connectivity index (χ4v) is 3.12. The van der Waals surface area contributed by atoms with E-state index in [1.165, 1.54) is 4.90 Å². The van der Waals surface area contributed by atoms with E-state index in [9.17, 15) is 9.59 Å². The summed E-state index contributed by atoms with van der Waals surface area (Å²) in [5, 5.41) is 2.85. The Hall–Kier alpha value is -1.56. The van der Waals surface area contributed by atoms with Gasteiger partial charge in [-0.1, -0.05) is 13.8 Å². The van der Waals surface area contributed by atoms with E-state index in [0.717, 1.165) is 4.47 Å². The minimum absolute atomic E-state index is 0.0410. The number of carbonyl (C=O) groups is 2. The zero-order valence-electron chi connectivity index (χ0n) is 12.4. The Morgan fingerprint density at radius 1 is 1.33 bits per heavy atom. The largest absolute Gasteiger partial charge is 0.496 e. The SMILES string of the molecule is CCC1(CC)NC(=O)CN(c2ccc(OC)c(Br)c2)C1=O. The lowest BCUT2D eigenvalue weighted by Gasteiger charge is -2.41. The number of hydrogen-bond donors (Lipinski definition) is 1. The van der Waals surface area contributed by atoms with Crippen molar-refractivity contribution in [2.24, 2.45) is 0 Å². The van der Waals surface area contributed by atoms with Crippen LogP contribution in [0.3, 0.4) is 0 Å². The minimum atomic E-state index is -0.804. The number of amides is 2. The third kappa shape index (κ3) is 2.77. The fraction of sp³-hybridized carbons (Fsp3) is 0.467. The molecule has 0 spiro atoms. The zero-order chi connectivity index (χ0) is 15.6. The summed E-state index contributed by atoms with van der Waals surface area (Å²) in [4.78, 5) is 26.3. The van der Waals surface area contributed by atoms with Crippen molar-refractivity contribution in [2.45, 2.75) is 32.2 Å². The van der Waals surface area contributed by atoms with Gasteiger partial charge < -0.3 is 15.0 Å². The van der Waals surface area contributed by atoms with Gasteiger partial charge in [-0.2, -0.15) is 0 Å². The van der Waals surface area contributed by atoms with Crippen molar-refractivity contribution in [2.75, 3.05) is 18.6 Å². The van der Waals surface area contributed by atoms with E-state index in [1.807, 2.05) is 13.8 Å². The number of nitrogens with one attached hydrogen (secondary N) is 1. The molecule has 1 saturated heterocycles. The number of carbonyl (C=O) groups excluding carboxylic acids is 2. The van der Waals surface area contributed by atoms with Crippen molar-refractivity contribution in [3.8, 4) is 5.75 Å². The van der Waals surface area contributed by atoms with Gasteiger partial charge in [0.1, 0.15) is 17.8 Å². The number of piperazine rings is 1. The highest BCUT2D eigenvalue weighted by molar-refractivity contribution is 9.10. The number of anilines is 1. The van der Waals surface area contributed by atoms with Crippen LogP contribution in [-0.2, 0) is 9.59 Å². The van der Waals surface area contributed by atoms with Gasteiger partial charge in [0.15, 0.2) is 0 Å². The molecule has 1 heterocycles. The first kappa shape index (κ1) is 15.8. The molecule has 0 atom stereocenters. The van der Waals surface area contributed by atoms with Crippen molar-refractivity contribution in [1.82, 2.24) is 5.32 Å². The molecule has 1 aliphatic heterocycles. The Kier molecular flexibility index (Phi) is 4.56. The maximum absolute atomic E-state index is 12.8. The smallest absolute Gasteiger partial charge is 0.253 e. The summed E-state index contributed by atoms with van der Waals surface area (Å²) in [7, 11) is 1.58. The Balaban J connectivity index is 2.40. The number of rotatable bonds is 4. The lowest BCUT2D eigenvalue weighted by Crippen LogP contribution is -2.66. The van der Waals surface area contributed by atoms with E-state index in [-0.39, 0.29) is 18.4 Å². The van der Waals surface area contributed by atoms with Gasteiger partial charge in [0, 0.05) is 5.69 Å². The minimum Gasteiger partial charge on any atom is -0.496 e. The van der Waals surface area contributed by atoms with Crippen molar-refractivity contribution in [3.63, 3.8) is 0 Å². The third-order valence-electron chi connectivity index (χ3n) is 3.99. The summed E-state index contributed by atoms with van der Waals surface area (Å²) < 4.78 is 5.94. The molecule has 1 aromatic carbocycles. The first-order valence-corrected chi connectivity index (χ1v) is 7.73. The van der Waals surface area contributed by atoms with E-state index in [4.69, 9.17) is 4.74 Å². The first-order chi connectivity index (χ1) is 9.97. The van der Waals surface area contributed by atoms with Crippen molar-refractivity contribution in [3.05, 3.63) is 22.7 Å². The van der Waals surface area contributed by atoms with E-state index >= 15 is 0 Å². The van der Waals surface area contributed by atoms with Gasteiger partial charge in [-0.15, -0.1) is 0 Å². The molecule has 0 aliphatic carbocycles. The van der Waals surface area contributed by atoms with Crippen molar-refractivity contribution < 1.29 is 14.3 Å². The van der Waals surface area contributed by atoms with Gasteiger partial charge in [0.2, 0.25) is 5.91 Å². The number of hydrogen-bond acceptors (Lipinski definition) is 3. The molecule has 2 amide bonds. The predicted octanol–water partition coefficient (Wildman–Crippen LogP) is 2.48. The van der Waals surface area contributed by atoms with Gasteiger partial charge in [-0.3, -0.25) is 9.59 Å². The molecule has 114 valence electrons. The van der Waals surface area contributed by atoms with Gasteiger partial charge in [0.05, 0.1) is 11.6 Å². The van der Waals surface area contributed by atoms with Crippen molar-refractivity contribution in [1.29, 1.82) is 0 Å². The molecular weight excluding hydrogens is 336 g/mol. The molecular formula is C15H19BrN2O3. The molecule has 1 aromatic rings. The first-order valence-electron chi connectivity index (χ1n) is 6.94. The third-order valence-corrected chi connectivity index (χ3v) is 4.61. The second kappa shape index (κ2) is 6.05. The van der Waals surface area contributed by atoms with Crippen LogP contribution in [0.5, 0.6) is 5.75 Å². The van der Waals surface area contributed by atoms with E-state index < -0.39 is 5.54 Å². The number of ether oxygens (including phenoxy) is 1. The zero-order valence-corrected chi connectivity index (χ0v) is 14.0. The summed E-state index contributed by atoms with van der Waals surface area (Å²) >= 11 is 3.41. The van der Waals surface area contributed by atoms with Gasteiger partial charge in [-0.05, 0) is 47.0 Å². The summed E-state index contributed by atoms with van der Waals surface area (Å²) in [5.41, 5.74) is -0.115. The van der Waals surface area contributed by atoms with Gasteiger partial charge in [-0.25, -0.2) is 0 Å². The summed E-state index contributed by atoms with van der Waals surface area (Å²) in [6.45, 7) is 3.86. The molecule has 2 rings (SSSR count). The molecule has 6 heteroatoms. The molecule has 0 saturated carbocycles. The quantitative estimate of drug-likeness (QED) is 0.903. The molecule has 1 fully saturated rings. The molecule has 1 aliphatic rings. The van der Waals surface area contributed by atoms with Crippen LogP contribution in [-0.4, -0.2) is 31.0 Å². The highest BCUT2D eigenvalue weighted by Gasteiger charge is 2.44. The second-order valence-electron chi connectivity index (χ2n) is 5.05. The number of halogens is 1. The van der Waals surface area contributed by atoms with Gasteiger partial charge >= 0.3 is 0 Å². The molecule has 0 aromatic heterocycles. The van der Waals surface area contributed by atoms with Crippen LogP contribution in [0.15, 0.2) is 22.7 Å². The van der Waals surface area contributed by atoms with Gasteiger partial charge in [0.25, 0.3) is 5.91 Å². The average Bonchev–Trinajstić information content (AvgIpc) is 2.49. The highest BCUT2D eigenvalue weighted by atomic mass is 79.9. The lowest BCUT2D eigenvalue weighted by atomic mass is 9.88. The average molecular weight is 355 g/mol. The number of methoxy groups -OCH3 is 1. The highest BCUT2D eigenvalue weighted by Crippen LogP contribution is 2.32. The summed E-state index contributed by atoms with van der Waals surface area (Å²) in [6.07, 6.45) is 1.14.